The predicted octanol–water partition coefficient (Wildman–Crippen LogP) is 2.03. The fraction of sp³-hybridized carbons (Fsp3) is 0.438. The molecule has 7 nitrogen and oxygen atoms in total. The van der Waals surface area contributed by atoms with Gasteiger partial charge < -0.3 is 14.8 Å². The Kier molecular flexibility index (Phi) is 3.85. The van der Waals surface area contributed by atoms with Gasteiger partial charge in [0.25, 0.3) is 6.02 Å². The molecule has 0 amide bonds. The molecule has 1 fully saturated rings. The highest BCUT2D eigenvalue weighted by Gasteiger charge is 2.45. The first-order valence-corrected chi connectivity index (χ1v) is 8.69. The van der Waals surface area contributed by atoms with Crippen molar-refractivity contribution in [1.82, 2.24) is 15.3 Å². The molecule has 1 saturated heterocycles. The molecule has 8 heteroatoms. The van der Waals surface area contributed by atoms with Crippen molar-refractivity contribution in [1.29, 1.82) is 0 Å². The molecule has 126 valence electrons. The Morgan fingerprint density at radius 1 is 1.50 bits per heavy atom. The average molecular weight is 345 g/mol. The van der Waals surface area contributed by atoms with Crippen molar-refractivity contribution in [3.63, 3.8) is 0 Å². The van der Waals surface area contributed by atoms with Gasteiger partial charge in [-0.15, -0.1) is 6.58 Å². The van der Waals surface area contributed by atoms with Crippen molar-refractivity contribution >= 4 is 32.8 Å². The summed E-state index contributed by atoms with van der Waals surface area (Å²) in [5.41, 5.74) is 0.487. The van der Waals surface area contributed by atoms with Gasteiger partial charge in [0.15, 0.2) is 10.7 Å². The molecule has 1 spiro atoms. The average Bonchev–Trinajstić information content (AvgIpc) is 3.19. The summed E-state index contributed by atoms with van der Waals surface area (Å²) in [5.74, 6) is 0.872. The van der Waals surface area contributed by atoms with Crippen LogP contribution in [0.5, 0.6) is 5.88 Å². The fourth-order valence-corrected chi connectivity index (χ4v) is 3.98. The van der Waals surface area contributed by atoms with Crippen LogP contribution < -0.4 is 15.4 Å². The van der Waals surface area contributed by atoms with Gasteiger partial charge in [0.05, 0.1) is 13.7 Å². The number of pyridine rings is 1. The maximum Gasteiger partial charge on any atom is 0.291 e. The summed E-state index contributed by atoms with van der Waals surface area (Å²) in [6, 6.07) is 4.20. The number of aromatic nitrogens is 2. The normalized spacial score (nSPS) is 26.2. The Morgan fingerprint density at radius 3 is 3.25 bits per heavy atom. The Hall–Kier alpha value is -2.19. The number of thiazole rings is 1. The molecule has 2 N–H and O–H groups in total. The number of fused-ring (bicyclic) bond motifs is 1. The van der Waals surface area contributed by atoms with Gasteiger partial charge >= 0.3 is 0 Å². The number of nitrogens with zero attached hydrogens (tertiary/aromatic N) is 3. The van der Waals surface area contributed by atoms with E-state index in [2.05, 4.69) is 32.2 Å². The largest absolute Gasteiger partial charge is 0.481 e. The van der Waals surface area contributed by atoms with E-state index in [9.17, 15) is 0 Å². The number of rotatable bonds is 3. The number of hydrogen-bond acceptors (Lipinski definition) is 8. The number of piperidine rings is 1. The van der Waals surface area contributed by atoms with E-state index >= 15 is 0 Å². The molecule has 2 atom stereocenters. The van der Waals surface area contributed by atoms with Gasteiger partial charge in [-0.2, -0.15) is 0 Å². The summed E-state index contributed by atoms with van der Waals surface area (Å²) >= 11 is 1.45. The van der Waals surface area contributed by atoms with Crippen molar-refractivity contribution < 1.29 is 9.47 Å². The second kappa shape index (κ2) is 6.03. The Morgan fingerprint density at radius 2 is 2.42 bits per heavy atom. The first kappa shape index (κ1) is 15.3. The summed E-state index contributed by atoms with van der Waals surface area (Å²) < 4.78 is 11.3. The van der Waals surface area contributed by atoms with Gasteiger partial charge in [0.1, 0.15) is 10.3 Å². The van der Waals surface area contributed by atoms with Crippen LogP contribution in [-0.4, -0.2) is 48.3 Å². The van der Waals surface area contributed by atoms with E-state index in [1.54, 1.807) is 13.2 Å². The summed E-state index contributed by atoms with van der Waals surface area (Å²) in [4.78, 5) is 14.2. The molecule has 2 aromatic heterocycles. The van der Waals surface area contributed by atoms with Gasteiger partial charge in [-0.1, -0.05) is 17.4 Å². The minimum absolute atomic E-state index is 0.295. The fourth-order valence-electron chi connectivity index (χ4n) is 3.16. The number of anilines is 1. The predicted molar refractivity (Wildman–Crippen MR) is 94.9 cm³/mol. The molecular weight excluding hydrogens is 326 g/mol. The number of hydrogen-bond donors (Lipinski definition) is 2. The van der Waals surface area contributed by atoms with Gasteiger partial charge in [-0.3, -0.25) is 5.32 Å². The zero-order valence-corrected chi connectivity index (χ0v) is 14.2. The molecule has 4 rings (SSSR count). The third-order valence-electron chi connectivity index (χ3n) is 4.46. The first-order valence-electron chi connectivity index (χ1n) is 7.88. The molecule has 0 bridgehead atoms. The number of nitrogens with one attached hydrogen (secondary N) is 2. The number of ether oxygens (including phenoxy) is 2. The van der Waals surface area contributed by atoms with Crippen molar-refractivity contribution in [2.45, 2.75) is 12.0 Å². The minimum atomic E-state index is -0.333. The number of methoxy groups -OCH3 is 1. The molecular formula is C16H19N5O2S. The zero-order chi connectivity index (χ0) is 16.6. The van der Waals surface area contributed by atoms with Crippen LogP contribution in [0, 0.1) is 5.92 Å². The lowest BCUT2D eigenvalue weighted by Gasteiger charge is -2.38. The van der Waals surface area contributed by atoms with Crippen molar-refractivity contribution in [3.8, 4) is 5.88 Å². The van der Waals surface area contributed by atoms with Crippen LogP contribution in [0.15, 0.2) is 29.8 Å². The van der Waals surface area contributed by atoms with E-state index < -0.39 is 0 Å². The topological polar surface area (TPSA) is 80.7 Å². The van der Waals surface area contributed by atoms with Crippen molar-refractivity contribution in [3.05, 3.63) is 24.8 Å². The molecule has 2 aliphatic rings. The van der Waals surface area contributed by atoms with Gasteiger partial charge in [-0.05, 0) is 19.0 Å². The van der Waals surface area contributed by atoms with E-state index in [0.29, 0.717) is 29.5 Å². The second-order valence-corrected chi connectivity index (χ2v) is 6.90. The molecule has 2 aromatic rings. The van der Waals surface area contributed by atoms with Crippen LogP contribution >= 0.6 is 11.3 Å². The van der Waals surface area contributed by atoms with Gasteiger partial charge in [0, 0.05) is 18.5 Å². The van der Waals surface area contributed by atoms with Crippen molar-refractivity contribution in [2.24, 2.45) is 10.9 Å². The lowest BCUT2D eigenvalue weighted by molar-refractivity contribution is 0.0234. The molecule has 2 unspecified atom stereocenters. The molecule has 0 aromatic carbocycles. The zero-order valence-electron chi connectivity index (χ0n) is 13.4. The van der Waals surface area contributed by atoms with E-state index in [0.717, 1.165) is 29.9 Å². The third kappa shape index (κ3) is 2.61. The highest BCUT2D eigenvalue weighted by atomic mass is 32.1. The van der Waals surface area contributed by atoms with Gasteiger partial charge in [0.2, 0.25) is 5.88 Å². The smallest absolute Gasteiger partial charge is 0.291 e. The van der Waals surface area contributed by atoms with E-state index in [1.165, 1.54) is 11.3 Å². The number of aliphatic imine (C=N–C) groups is 1. The monoisotopic (exact) mass is 345 g/mol. The van der Waals surface area contributed by atoms with Gasteiger partial charge in [-0.25, -0.2) is 15.0 Å². The maximum atomic E-state index is 6.16. The quantitative estimate of drug-likeness (QED) is 0.829. The van der Waals surface area contributed by atoms with Crippen LogP contribution in [0.3, 0.4) is 0 Å². The SMILES string of the molecule is C=CC1CCNCC12CN=C(Nc1nc3ccc(OC)nc3s1)O2. The lowest BCUT2D eigenvalue weighted by atomic mass is 9.82. The van der Waals surface area contributed by atoms with E-state index in [1.807, 2.05) is 12.1 Å². The second-order valence-electron chi connectivity index (χ2n) is 5.92. The van der Waals surface area contributed by atoms with Crippen LogP contribution in [0.25, 0.3) is 10.3 Å². The van der Waals surface area contributed by atoms with E-state index in [4.69, 9.17) is 9.47 Å². The summed E-state index contributed by atoms with van der Waals surface area (Å²) in [7, 11) is 1.60. The van der Waals surface area contributed by atoms with Crippen LogP contribution in [-0.2, 0) is 4.74 Å². The maximum absolute atomic E-state index is 6.16. The molecule has 0 saturated carbocycles. The number of amidine groups is 1. The Balaban J connectivity index is 1.51. The lowest BCUT2D eigenvalue weighted by Crippen LogP contribution is -2.54. The highest BCUT2D eigenvalue weighted by molar-refractivity contribution is 7.21. The van der Waals surface area contributed by atoms with Crippen molar-refractivity contribution in [2.75, 3.05) is 32.1 Å². The Bertz CT molecular complexity index is 805. The molecule has 0 radical (unpaired) electrons. The molecule has 2 aliphatic heterocycles. The summed E-state index contributed by atoms with van der Waals surface area (Å²) in [6.07, 6.45) is 2.99. The third-order valence-corrected chi connectivity index (χ3v) is 5.34. The highest BCUT2D eigenvalue weighted by Crippen LogP contribution is 2.34. The standard InChI is InChI=1S/C16H19N5O2S/c1-3-10-6-7-17-8-16(10)9-18-14(23-16)21-15-19-11-4-5-12(22-2)20-13(11)24-15/h3-5,10,17H,1,6-9H2,2H3,(H,18,19,21). The minimum Gasteiger partial charge on any atom is -0.481 e. The van der Waals surface area contributed by atoms with E-state index in [-0.39, 0.29) is 5.60 Å². The molecule has 4 heterocycles. The summed E-state index contributed by atoms with van der Waals surface area (Å²) in [5, 5.41) is 7.27. The van der Waals surface area contributed by atoms with Crippen LogP contribution in [0.4, 0.5) is 5.13 Å². The first-order chi connectivity index (χ1) is 11.7. The van der Waals surface area contributed by atoms with Crippen LogP contribution in [0.1, 0.15) is 6.42 Å². The Labute approximate surface area is 143 Å². The molecule has 24 heavy (non-hydrogen) atoms. The molecule has 0 aliphatic carbocycles. The van der Waals surface area contributed by atoms with Crippen LogP contribution in [0.2, 0.25) is 0 Å². The summed E-state index contributed by atoms with van der Waals surface area (Å²) in [6.45, 7) is 6.33.